The fourth-order valence-electron chi connectivity index (χ4n) is 1.63. The van der Waals surface area contributed by atoms with E-state index in [0.717, 1.165) is 6.07 Å². The molecular weight excluding hydrogens is 278 g/mol. The van der Waals surface area contributed by atoms with Crippen molar-refractivity contribution in [3.63, 3.8) is 0 Å². The molecule has 0 unspecified atom stereocenters. The van der Waals surface area contributed by atoms with E-state index in [4.69, 9.17) is 4.74 Å². The van der Waals surface area contributed by atoms with Crippen molar-refractivity contribution in [2.45, 2.75) is 6.61 Å². The Bertz CT molecular complexity index is 680. The van der Waals surface area contributed by atoms with Crippen LogP contribution in [0.4, 0.5) is 5.69 Å². The summed E-state index contributed by atoms with van der Waals surface area (Å²) in [6.45, 7) is -0.105. The van der Waals surface area contributed by atoms with Crippen molar-refractivity contribution in [3.8, 4) is 11.5 Å². The first-order valence-electron chi connectivity index (χ1n) is 5.90. The van der Waals surface area contributed by atoms with Gasteiger partial charge in [-0.2, -0.15) is 0 Å². The number of ether oxygens (including phenoxy) is 1. The summed E-state index contributed by atoms with van der Waals surface area (Å²) in [5, 5.41) is 29.3. The van der Waals surface area contributed by atoms with Gasteiger partial charge in [0.15, 0.2) is 0 Å². The van der Waals surface area contributed by atoms with Crippen LogP contribution in [0.5, 0.6) is 11.5 Å². The Morgan fingerprint density at radius 3 is 2.43 bits per heavy atom. The highest BCUT2D eigenvalue weighted by Gasteiger charge is 2.14. The lowest BCUT2D eigenvalue weighted by Gasteiger charge is -2.06. The molecule has 2 aromatic rings. The Kier molecular flexibility index (Phi) is 4.03. The number of nitrogens with zero attached hydrogens (tertiary/aromatic N) is 1. The zero-order valence-electron chi connectivity index (χ0n) is 10.7. The van der Waals surface area contributed by atoms with Gasteiger partial charge in [-0.05, 0) is 35.9 Å². The van der Waals surface area contributed by atoms with Crippen molar-refractivity contribution in [2.75, 3.05) is 0 Å². The van der Waals surface area contributed by atoms with Crippen molar-refractivity contribution in [2.24, 2.45) is 0 Å². The van der Waals surface area contributed by atoms with Crippen molar-refractivity contribution in [1.29, 1.82) is 0 Å². The molecule has 0 fully saturated rings. The van der Waals surface area contributed by atoms with E-state index in [0.29, 0.717) is 5.56 Å². The summed E-state index contributed by atoms with van der Waals surface area (Å²) >= 11 is 0. The molecule has 0 spiro atoms. The van der Waals surface area contributed by atoms with Gasteiger partial charge in [-0.1, -0.05) is 0 Å². The number of carbonyl (C=O) groups is 1. The summed E-state index contributed by atoms with van der Waals surface area (Å²) in [4.78, 5) is 21.7. The summed E-state index contributed by atoms with van der Waals surface area (Å²) in [5.74, 6) is -1.28. The minimum absolute atomic E-state index is 0.0595. The van der Waals surface area contributed by atoms with Gasteiger partial charge in [-0.3, -0.25) is 10.1 Å². The molecule has 2 aromatic carbocycles. The van der Waals surface area contributed by atoms with E-state index in [9.17, 15) is 25.1 Å². The fourth-order valence-corrected chi connectivity index (χ4v) is 1.63. The maximum absolute atomic E-state index is 11.8. The first kappa shape index (κ1) is 14.3. The third kappa shape index (κ3) is 3.47. The standard InChI is InChI=1S/C14H11NO6/c16-11-5-6-13(17)12(7-11)14(18)21-8-9-1-3-10(4-2-9)15(19)20/h1-7,16-17H,8H2. The van der Waals surface area contributed by atoms with Crippen LogP contribution in [-0.4, -0.2) is 21.1 Å². The van der Waals surface area contributed by atoms with Gasteiger partial charge in [0, 0.05) is 12.1 Å². The summed E-state index contributed by atoms with van der Waals surface area (Å²) in [5.41, 5.74) is 0.348. The number of phenolic OH excluding ortho intramolecular Hbond substituents is 2. The number of hydrogen-bond acceptors (Lipinski definition) is 6. The zero-order chi connectivity index (χ0) is 15.4. The number of nitro benzene ring substituents is 1. The van der Waals surface area contributed by atoms with E-state index < -0.39 is 10.9 Å². The topological polar surface area (TPSA) is 110 Å². The van der Waals surface area contributed by atoms with Crippen LogP contribution < -0.4 is 0 Å². The van der Waals surface area contributed by atoms with Crippen molar-refractivity contribution in [3.05, 3.63) is 63.7 Å². The zero-order valence-corrected chi connectivity index (χ0v) is 10.7. The molecule has 0 bridgehead atoms. The number of rotatable bonds is 4. The van der Waals surface area contributed by atoms with Gasteiger partial charge >= 0.3 is 5.97 Å². The normalized spacial score (nSPS) is 10.1. The molecule has 0 amide bonds. The number of esters is 1. The molecule has 2 N–H and O–H groups in total. The monoisotopic (exact) mass is 289 g/mol. The smallest absolute Gasteiger partial charge is 0.342 e. The van der Waals surface area contributed by atoms with Gasteiger partial charge in [0.1, 0.15) is 23.7 Å². The van der Waals surface area contributed by atoms with Crippen molar-refractivity contribution < 1.29 is 24.7 Å². The second kappa shape index (κ2) is 5.91. The first-order valence-corrected chi connectivity index (χ1v) is 5.90. The maximum Gasteiger partial charge on any atom is 0.342 e. The molecule has 0 saturated carbocycles. The molecular formula is C14H11NO6. The predicted octanol–water partition coefficient (Wildman–Crippen LogP) is 2.36. The Labute approximate surface area is 119 Å². The van der Waals surface area contributed by atoms with Crippen LogP contribution in [0.1, 0.15) is 15.9 Å². The second-order valence-corrected chi connectivity index (χ2v) is 4.20. The lowest BCUT2D eigenvalue weighted by molar-refractivity contribution is -0.384. The van der Waals surface area contributed by atoms with Crippen LogP contribution in [0.25, 0.3) is 0 Å². The average molecular weight is 289 g/mol. The Balaban J connectivity index is 2.04. The number of hydrogen-bond donors (Lipinski definition) is 2. The van der Waals surface area contributed by atoms with Gasteiger partial charge in [0.25, 0.3) is 5.69 Å². The molecule has 7 heteroatoms. The largest absolute Gasteiger partial charge is 0.508 e. The van der Waals surface area contributed by atoms with E-state index in [1.165, 1.54) is 36.4 Å². The molecule has 0 aliphatic heterocycles. The summed E-state index contributed by atoms with van der Waals surface area (Å²) in [7, 11) is 0. The molecule has 0 atom stereocenters. The number of aromatic hydroxyl groups is 2. The number of non-ortho nitro benzene ring substituents is 1. The minimum atomic E-state index is -0.804. The maximum atomic E-state index is 11.8. The van der Waals surface area contributed by atoms with Gasteiger partial charge in [0.05, 0.1) is 4.92 Å². The van der Waals surface area contributed by atoms with Gasteiger partial charge in [-0.15, -0.1) is 0 Å². The number of phenols is 2. The van der Waals surface area contributed by atoms with Gasteiger partial charge in [0.2, 0.25) is 0 Å². The molecule has 108 valence electrons. The van der Waals surface area contributed by atoms with Crippen molar-refractivity contribution >= 4 is 11.7 Å². The highest BCUT2D eigenvalue weighted by atomic mass is 16.6. The first-order chi connectivity index (χ1) is 9.97. The molecule has 0 saturated heterocycles. The molecule has 0 aromatic heterocycles. The van der Waals surface area contributed by atoms with Crippen LogP contribution in [0, 0.1) is 10.1 Å². The number of benzene rings is 2. The SMILES string of the molecule is O=C(OCc1ccc([N+](=O)[O-])cc1)c1cc(O)ccc1O. The van der Waals surface area contributed by atoms with Crippen molar-refractivity contribution in [1.82, 2.24) is 0 Å². The van der Waals surface area contributed by atoms with E-state index >= 15 is 0 Å². The molecule has 0 heterocycles. The molecule has 0 radical (unpaired) electrons. The third-order valence-corrected chi connectivity index (χ3v) is 2.72. The van der Waals surface area contributed by atoms with Crippen LogP contribution in [0.3, 0.4) is 0 Å². The third-order valence-electron chi connectivity index (χ3n) is 2.72. The molecule has 2 rings (SSSR count). The van der Waals surface area contributed by atoms with Crippen LogP contribution in [0.2, 0.25) is 0 Å². The highest BCUT2D eigenvalue weighted by molar-refractivity contribution is 5.92. The lowest BCUT2D eigenvalue weighted by atomic mass is 10.2. The predicted molar refractivity (Wildman–Crippen MR) is 72.0 cm³/mol. The number of carbonyl (C=O) groups excluding carboxylic acids is 1. The summed E-state index contributed by atoms with van der Waals surface area (Å²) < 4.78 is 4.97. The van der Waals surface area contributed by atoms with Gasteiger partial charge < -0.3 is 14.9 Å². The number of nitro groups is 1. The second-order valence-electron chi connectivity index (χ2n) is 4.20. The van der Waals surface area contributed by atoms with E-state index in [1.807, 2.05) is 0 Å². The molecule has 7 nitrogen and oxygen atoms in total. The minimum Gasteiger partial charge on any atom is -0.508 e. The average Bonchev–Trinajstić information content (AvgIpc) is 2.47. The van der Waals surface area contributed by atoms with Crippen LogP contribution in [0.15, 0.2) is 42.5 Å². The van der Waals surface area contributed by atoms with Crippen LogP contribution in [-0.2, 0) is 11.3 Å². The fraction of sp³-hybridized carbons (Fsp3) is 0.0714. The molecule has 0 aliphatic rings. The Morgan fingerprint density at radius 1 is 1.14 bits per heavy atom. The quantitative estimate of drug-likeness (QED) is 0.387. The Hall–Kier alpha value is -3.09. The summed E-state index contributed by atoms with van der Waals surface area (Å²) in [6, 6.07) is 9.04. The van der Waals surface area contributed by atoms with E-state index in [1.54, 1.807) is 0 Å². The van der Waals surface area contributed by atoms with E-state index in [-0.39, 0.29) is 29.4 Å². The summed E-state index contributed by atoms with van der Waals surface area (Å²) in [6.07, 6.45) is 0. The van der Waals surface area contributed by atoms with Crippen LogP contribution >= 0.6 is 0 Å². The van der Waals surface area contributed by atoms with Gasteiger partial charge in [-0.25, -0.2) is 4.79 Å². The highest BCUT2D eigenvalue weighted by Crippen LogP contribution is 2.23. The molecule has 0 aliphatic carbocycles. The Morgan fingerprint density at radius 2 is 1.81 bits per heavy atom. The van der Waals surface area contributed by atoms with E-state index in [2.05, 4.69) is 0 Å². The molecule has 21 heavy (non-hydrogen) atoms. The lowest BCUT2D eigenvalue weighted by Crippen LogP contribution is -2.05.